The molecule has 4 rings (SSSR count). The van der Waals surface area contributed by atoms with Gasteiger partial charge in [0.05, 0.1) is 11.5 Å². The summed E-state index contributed by atoms with van der Waals surface area (Å²) < 4.78 is 19.5. The van der Waals surface area contributed by atoms with E-state index in [-0.39, 0.29) is 17.4 Å². The Bertz CT molecular complexity index is 979. The Morgan fingerprint density at radius 3 is 2.81 bits per heavy atom. The van der Waals surface area contributed by atoms with Gasteiger partial charge in [0.15, 0.2) is 0 Å². The van der Waals surface area contributed by atoms with Crippen LogP contribution in [-0.4, -0.2) is 39.0 Å². The van der Waals surface area contributed by atoms with E-state index in [9.17, 15) is 9.18 Å². The predicted molar refractivity (Wildman–Crippen MR) is 96.7 cm³/mol. The summed E-state index contributed by atoms with van der Waals surface area (Å²) >= 11 is 5.91. The van der Waals surface area contributed by atoms with Crippen LogP contribution in [0.5, 0.6) is 0 Å². The zero-order valence-corrected chi connectivity index (χ0v) is 15.2. The highest BCUT2D eigenvalue weighted by atomic mass is 35.5. The minimum absolute atomic E-state index is 0.0293. The predicted octanol–water partition coefficient (Wildman–Crippen LogP) is 3.80. The number of carbonyl (C=O) groups excluding carboxylic acids is 1. The van der Waals surface area contributed by atoms with Crippen molar-refractivity contribution in [1.29, 1.82) is 0 Å². The van der Waals surface area contributed by atoms with E-state index in [1.807, 2.05) is 6.92 Å². The van der Waals surface area contributed by atoms with E-state index in [0.29, 0.717) is 29.8 Å². The third-order valence-electron chi connectivity index (χ3n) is 4.76. The first-order valence-corrected chi connectivity index (χ1v) is 8.89. The summed E-state index contributed by atoms with van der Waals surface area (Å²) in [6.07, 6.45) is 3.31. The van der Waals surface area contributed by atoms with E-state index >= 15 is 0 Å². The first-order valence-electron chi connectivity index (χ1n) is 8.51. The number of hydrogen-bond acceptors (Lipinski definition) is 5. The summed E-state index contributed by atoms with van der Waals surface area (Å²) in [7, 11) is 0. The fourth-order valence-corrected chi connectivity index (χ4v) is 3.46. The van der Waals surface area contributed by atoms with Crippen LogP contribution in [0.3, 0.4) is 0 Å². The molecule has 1 aliphatic heterocycles. The number of amides is 1. The van der Waals surface area contributed by atoms with Gasteiger partial charge in [0.2, 0.25) is 11.7 Å². The summed E-state index contributed by atoms with van der Waals surface area (Å²) in [6, 6.07) is 7.56. The molecule has 6 nitrogen and oxygen atoms in total. The van der Waals surface area contributed by atoms with Crippen molar-refractivity contribution in [3.8, 4) is 11.4 Å². The molecule has 1 saturated heterocycles. The van der Waals surface area contributed by atoms with Crippen LogP contribution in [0.25, 0.3) is 11.4 Å². The number of nitrogens with zero attached hydrogens (tertiary/aromatic N) is 4. The van der Waals surface area contributed by atoms with Crippen LogP contribution in [-0.2, 0) is 0 Å². The number of benzene rings is 1. The molecule has 8 heteroatoms. The number of carbonyl (C=O) groups is 1. The van der Waals surface area contributed by atoms with Crippen LogP contribution < -0.4 is 0 Å². The number of pyridine rings is 1. The average molecular weight is 387 g/mol. The van der Waals surface area contributed by atoms with Crippen LogP contribution in [0.15, 0.2) is 47.2 Å². The highest BCUT2D eigenvalue weighted by Gasteiger charge is 2.37. The third-order valence-corrected chi connectivity index (χ3v) is 4.99. The van der Waals surface area contributed by atoms with Gasteiger partial charge >= 0.3 is 0 Å². The molecule has 1 aliphatic rings. The van der Waals surface area contributed by atoms with Gasteiger partial charge in [-0.25, -0.2) is 4.39 Å². The second kappa shape index (κ2) is 7.08. The molecule has 3 heterocycles. The van der Waals surface area contributed by atoms with Gasteiger partial charge in [-0.3, -0.25) is 9.78 Å². The maximum absolute atomic E-state index is 14.0. The molecule has 138 valence electrons. The number of hydrogen-bond donors (Lipinski definition) is 0. The molecule has 1 amide bonds. The van der Waals surface area contributed by atoms with E-state index in [1.165, 1.54) is 18.2 Å². The van der Waals surface area contributed by atoms with Gasteiger partial charge in [-0.05, 0) is 36.2 Å². The molecule has 0 bridgehead atoms. The number of halogens is 2. The average Bonchev–Trinajstić information content (AvgIpc) is 3.30. The second-order valence-corrected chi connectivity index (χ2v) is 7.05. The number of aromatic nitrogens is 3. The maximum Gasteiger partial charge on any atom is 0.256 e. The van der Waals surface area contributed by atoms with Crippen LogP contribution >= 0.6 is 11.6 Å². The zero-order chi connectivity index (χ0) is 19.0. The SMILES string of the molecule is CC1CN(C(=O)c2cc(Cl)ccc2F)CC1c1nc(-c2ccncc2)no1. The summed E-state index contributed by atoms with van der Waals surface area (Å²) in [4.78, 5) is 22.8. The minimum atomic E-state index is -0.585. The van der Waals surface area contributed by atoms with Crippen molar-refractivity contribution < 1.29 is 13.7 Å². The van der Waals surface area contributed by atoms with Gasteiger partial charge in [0.25, 0.3) is 5.91 Å². The molecule has 0 N–H and O–H groups in total. The van der Waals surface area contributed by atoms with Crippen LogP contribution in [0, 0.1) is 11.7 Å². The van der Waals surface area contributed by atoms with Crippen molar-refractivity contribution in [2.75, 3.05) is 13.1 Å². The van der Waals surface area contributed by atoms with E-state index in [4.69, 9.17) is 16.1 Å². The molecule has 2 aromatic heterocycles. The highest BCUT2D eigenvalue weighted by molar-refractivity contribution is 6.31. The zero-order valence-electron chi connectivity index (χ0n) is 14.5. The molecule has 1 fully saturated rings. The molecule has 2 atom stereocenters. The van der Waals surface area contributed by atoms with E-state index in [1.54, 1.807) is 29.4 Å². The second-order valence-electron chi connectivity index (χ2n) is 6.61. The summed E-state index contributed by atoms with van der Waals surface area (Å²) in [5.41, 5.74) is 0.776. The van der Waals surface area contributed by atoms with Crippen molar-refractivity contribution in [3.05, 3.63) is 65.0 Å². The molecule has 0 radical (unpaired) electrons. The summed E-state index contributed by atoms with van der Waals surface area (Å²) in [5, 5.41) is 4.35. The molecule has 0 saturated carbocycles. The third kappa shape index (κ3) is 3.42. The van der Waals surface area contributed by atoms with Crippen molar-refractivity contribution in [2.45, 2.75) is 12.8 Å². The van der Waals surface area contributed by atoms with Crippen LogP contribution in [0.1, 0.15) is 29.1 Å². The molecule has 1 aromatic carbocycles. The monoisotopic (exact) mass is 386 g/mol. The lowest BCUT2D eigenvalue weighted by atomic mass is 9.98. The van der Waals surface area contributed by atoms with Crippen molar-refractivity contribution in [3.63, 3.8) is 0 Å². The standard InChI is InChI=1S/C19H16ClFN4O2/c1-11-9-25(19(26)14-8-13(20)2-3-16(14)21)10-15(11)18-23-17(24-27-18)12-4-6-22-7-5-12/h2-8,11,15H,9-10H2,1H3. The molecular formula is C19H16ClFN4O2. The molecule has 2 unspecified atom stereocenters. The van der Waals surface area contributed by atoms with Gasteiger partial charge in [-0.15, -0.1) is 0 Å². The number of rotatable bonds is 3. The first-order chi connectivity index (χ1) is 13.0. The largest absolute Gasteiger partial charge is 0.339 e. The van der Waals surface area contributed by atoms with E-state index in [0.717, 1.165) is 5.56 Å². The van der Waals surface area contributed by atoms with Gasteiger partial charge in [-0.1, -0.05) is 23.7 Å². The lowest BCUT2D eigenvalue weighted by Gasteiger charge is -2.16. The Kier molecular flexibility index (Phi) is 4.61. The van der Waals surface area contributed by atoms with Crippen molar-refractivity contribution in [1.82, 2.24) is 20.0 Å². The van der Waals surface area contributed by atoms with Gasteiger partial charge < -0.3 is 9.42 Å². The molecule has 3 aromatic rings. The van der Waals surface area contributed by atoms with Crippen molar-refractivity contribution >= 4 is 17.5 Å². The smallest absolute Gasteiger partial charge is 0.256 e. The van der Waals surface area contributed by atoms with Crippen molar-refractivity contribution in [2.24, 2.45) is 5.92 Å². The Morgan fingerprint density at radius 2 is 2.04 bits per heavy atom. The Labute approximate surface area is 160 Å². The summed E-state index contributed by atoms with van der Waals surface area (Å²) in [5.74, 6) is -0.0425. The van der Waals surface area contributed by atoms with E-state index < -0.39 is 11.7 Å². The number of likely N-dealkylation sites (tertiary alicyclic amines) is 1. The van der Waals surface area contributed by atoms with E-state index in [2.05, 4.69) is 15.1 Å². The lowest BCUT2D eigenvalue weighted by Crippen LogP contribution is -2.29. The van der Waals surface area contributed by atoms with Gasteiger partial charge in [0.1, 0.15) is 5.82 Å². The summed E-state index contributed by atoms with van der Waals surface area (Å²) in [6.45, 7) is 2.86. The highest BCUT2D eigenvalue weighted by Crippen LogP contribution is 2.33. The molecule has 0 aliphatic carbocycles. The minimum Gasteiger partial charge on any atom is -0.339 e. The Hall–Kier alpha value is -2.80. The van der Waals surface area contributed by atoms with Crippen LogP contribution in [0.4, 0.5) is 4.39 Å². The fraction of sp³-hybridized carbons (Fsp3) is 0.263. The molecule has 0 spiro atoms. The molecular weight excluding hydrogens is 371 g/mol. The lowest BCUT2D eigenvalue weighted by molar-refractivity contribution is 0.0781. The molecule has 27 heavy (non-hydrogen) atoms. The normalized spacial score (nSPS) is 19.4. The fourth-order valence-electron chi connectivity index (χ4n) is 3.29. The first kappa shape index (κ1) is 17.6. The Balaban J connectivity index is 1.54. The quantitative estimate of drug-likeness (QED) is 0.684. The van der Waals surface area contributed by atoms with Crippen LogP contribution in [0.2, 0.25) is 5.02 Å². The topological polar surface area (TPSA) is 72.1 Å². The van der Waals surface area contributed by atoms with Gasteiger partial charge in [-0.2, -0.15) is 4.98 Å². The van der Waals surface area contributed by atoms with Gasteiger partial charge in [0, 0.05) is 36.1 Å². The Morgan fingerprint density at radius 1 is 1.26 bits per heavy atom. The maximum atomic E-state index is 14.0.